The van der Waals surface area contributed by atoms with Crippen LogP contribution in [0.5, 0.6) is 0 Å². The number of rotatable bonds is 9. The van der Waals surface area contributed by atoms with Gasteiger partial charge in [0, 0.05) is 19.7 Å². The highest BCUT2D eigenvalue weighted by molar-refractivity contribution is 7.91. The predicted molar refractivity (Wildman–Crippen MR) is 81.5 cm³/mol. The second-order valence-electron chi connectivity index (χ2n) is 4.70. The summed E-state index contributed by atoms with van der Waals surface area (Å²) in [6.45, 7) is 7.44. The Kier molecular flexibility index (Phi) is 7.46. The van der Waals surface area contributed by atoms with Gasteiger partial charge in [0.15, 0.2) is 0 Å². The summed E-state index contributed by atoms with van der Waals surface area (Å²) in [6, 6.07) is -0.391. The summed E-state index contributed by atoms with van der Waals surface area (Å²) in [5, 5.41) is 3.48. The second-order valence-corrected chi connectivity index (χ2v) is 6.87. The van der Waals surface area contributed by atoms with Gasteiger partial charge in [-0.1, -0.05) is 20.3 Å². The second kappa shape index (κ2) is 8.84. The van der Waals surface area contributed by atoms with Gasteiger partial charge >= 0.3 is 6.03 Å². The standard InChI is InChI=1S/C13H24N4O4S/c1-4-7-8-16(9-10-21-5-2)13(18)17-11-14-12(15-17)22(19,20)6-3/h11H,4-10H2,1-3H3. The van der Waals surface area contributed by atoms with Crippen molar-refractivity contribution in [2.75, 3.05) is 32.1 Å². The van der Waals surface area contributed by atoms with E-state index >= 15 is 0 Å². The van der Waals surface area contributed by atoms with Gasteiger partial charge in [-0.3, -0.25) is 0 Å². The molecule has 0 saturated heterocycles. The Hall–Kier alpha value is -1.48. The van der Waals surface area contributed by atoms with Gasteiger partial charge in [0.1, 0.15) is 6.33 Å². The Morgan fingerprint density at radius 3 is 2.64 bits per heavy atom. The zero-order valence-electron chi connectivity index (χ0n) is 13.4. The molecule has 126 valence electrons. The number of carbonyl (C=O) groups excluding carboxylic acids is 1. The topological polar surface area (TPSA) is 94.4 Å². The molecule has 1 amide bonds. The first-order chi connectivity index (χ1) is 10.5. The average Bonchev–Trinajstić information content (AvgIpc) is 3.01. The van der Waals surface area contributed by atoms with Crippen molar-refractivity contribution in [1.29, 1.82) is 0 Å². The molecule has 0 aliphatic heterocycles. The molecule has 0 unspecified atom stereocenters. The molecule has 0 bridgehead atoms. The van der Waals surface area contributed by atoms with Crippen LogP contribution in [0, 0.1) is 0 Å². The number of aromatic nitrogens is 3. The molecule has 0 N–H and O–H groups in total. The van der Waals surface area contributed by atoms with Crippen LogP contribution in [0.25, 0.3) is 0 Å². The third kappa shape index (κ3) is 5.06. The maximum atomic E-state index is 12.4. The van der Waals surface area contributed by atoms with Crippen LogP contribution in [0.15, 0.2) is 11.5 Å². The Labute approximate surface area is 131 Å². The zero-order valence-corrected chi connectivity index (χ0v) is 14.2. The fraction of sp³-hybridized carbons (Fsp3) is 0.769. The van der Waals surface area contributed by atoms with E-state index in [1.807, 2.05) is 13.8 Å². The van der Waals surface area contributed by atoms with Gasteiger partial charge in [0.05, 0.1) is 12.4 Å². The summed E-state index contributed by atoms with van der Waals surface area (Å²) in [5.41, 5.74) is 0. The van der Waals surface area contributed by atoms with Gasteiger partial charge < -0.3 is 9.64 Å². The molecule has 0 spiro atoms. The molecular formula is C13H24N4O4S. The number of sulfone groups is 1. The molecule has 22 heavy (non-hydrogen) atoms. The first-order valence-corrected chi connectivity index (χ1v) is 9.12. The lowest BCUT2D eigenvalue weighted by Crippen LogP contribution is -2.38. The molecule has 1 aromatic heterocycles. The van der Waals surface area contributed by atoms with Crippen molar-refractivity contribution in [2.45, 2.75) is 38.8 Å². The van der Waals surface area contributed by atoms with Gasteiger partial charge in [-0.2, -0.15) is 4.68 Å². The minimum absolute atomic E-state index is 0.102. The van der Waals surface area contributed by atoms with Gasteiger partial charge in [0.25, 0.3) is 5.16 Å². The smallest absolute Gasteiger partial charge is 0.346 e. The summed E-state index contributed by atoms with van der Waals surface area (Å²) in [6.07, 6.45) is 2.95. The SMILES string of the molecule is CCCCN(CCOCC)C(=O)n1cnc(S(=O)(=O)CC)n1. The highest BCUT2D eigenvalue weighted by atomic mass is 32.2. The van der Waals surface area contributed by atoms with E-state index in [0.717, 1.165) is 23.9 Å². The van der Waals surface area contributed by atoms with Crippen molar-refractivity contribution in [2.24, 2.45) is 0 Å². The van der Waals surface area contributed by atoms with E-state index in [-0.39, 0.29) is 10.9 Å². The highest BCUT2D eigenvalue weighted by Crippen LogP contribution is 2.05. The third-order valence-corrected chi connectivity index (χ3v) is 4.59. The number of carbonyl (C=O) groups is 1. The average molecular weight is 332 g/mol. The van der Waals surface area contributed by atoms with E-state index in [0.29, 0.717) is 26.3 Å². The van der Waals surface area contributed by atoms with Crippen molar-refractivity contribution >= 4 is 15.9 Å². The predicted octanol–water partition coefficient (Wildman–Crippen LogP) is 1.18. The maximum Gasteiger partial charge on any atom is 0.346 e. The lowest BCUT2D eigenvalue weighted by molar-refractivity contribution is 0.118. The van der Waals surface area contributed by atoms with Crippen LogP contribution < -0.4 is 0 Å². The summed E-state index contributed by atoms with van der Waals surface area (Å²) < 4.78 is 29.7. The molecule has 0 aliphatic carbocycles. The first kappa shape index (κ1) is 18.6. The minimum atomic E-state index is -3.51. The van der Waals surface area contributed by atoms with Crippen LogP contribution in [0.3, 0.4) is 0 Å². The minimum Gasteiger partial charge on any atom is -0.380 e. The molecule has 9 heteroatoms. The molecule has 0 aromatic carbocycles. The Bertz CT molecular complexity index is 570. The van der Waals surface area contributed by atoms with Crippen molar-refractivity contribution < 1.29 is 17.9 Å². The number of nitrogens with zero attached hydrogens (tertiary/aromatic N) is 4. The first-order valence-electron chi connectivity index (χ1n) is 7.47. The van der Waals surface area contributed by atoms with E-state index in [1.165, 1.54) is 6.92 Å². The lowest BCUT2D eigenvalue weighted by Gasteiger charge is -2.21. The molecule has 0 saturated carbocycles. The molecule has 8 nitrogen and oxygen atoms in total. The van der Waals surface area contributed by atoms with Crippen molar-refractivity contribution in [3.63, 3.8) is 0 Å². The monoisotopic (exact) mass is 332 g/mol. The van der Waals surface area contributed by atoms with Gasteiger partial charge in [-0.05, 0) is 13.3 Å². The van der Waals surface area contributed by atoms with E-state index in [9.17, 15) is 13.2 Å². The summed E-state index contributed by atoms with van der Waals surface area (Å²) in [4.78, 5) is 17.7. The Morgan fingerprint density at radius 1 is 1.32 bits per heavy atom. The normalized spacial score (nSPS) is 11.6. The van der Waals surface area contributed by atoms with Crippen molar-refractivity contribution in [3.8, 4) is 0 Å². The fourth-order valence-electron chi connectivity index (χ4n) is 1.73. The molecule has 1 rings (SSSR count). The van der Waals surface area contributed by atoms with Crippen LogP contribution in [-0.4, -0.2) is 66.2 Å². The summed E-state index contributed by atoms with van der Waals surface area (Å²) >= 11 is 0. The maximum absolute atomic E-state index is 12.4. The number of hydrogen-bond acceptors (Lipinski definition) is 6. The van der Waals surface area contributed by atoms with Crippen LogP contribution in [0.1, 0.15) is 33.6 Å². The number of unbranched alkanes of at least 4 members (excludes halogenated alkanes) is 1. The van der Waals surface area contributed by atoms with Gasteiger partial charge in [-0.25, -0.2) is 18.2 Å². The van der Waals surface area contributed by atoms with Crippen LogP contribution >= 0.6 is 0 Å². The van der Waals surface area contributed by atoms with Crippen LogP contribution in [0.4, 0.5) is 4.79 Å². The van der Waals surface area contributed by atoms with E-state index in [1.54, 1.807) is 4.90 Å². The van der Waals surface area contributed by atoms with E-state index in [4.69, 9.17) is 4.74 Å². The molecule has 0 atom stereocenters. The fourth-order valence-corrected chi connectivity index (χ4v) is 2.41. The van der Waals surface area contributed by atoms with Crippen molar-refractivity contribution in [3.05, 3.63) is 6.33 Å². The summed E-state index contributed by atoms with van der Waals surface area (Å²) in [5.74, 6) is -0.102. The Balaban J connectivity index is 2.84. The van der Waals surface area contributed by atoms with Crippen LogP contribution in [-0.2, 0) is 14.6 Å². The van der Waals surface area contributed by atoms with Crippen LogP contribution in [0.2, 0.25) is 0 Å². The molecule has 1 aromatic rings. The molecule has 0 fully saturated rings. The van der Waals surface area contributed by atoms with Gasteiger partial charge in [-0.15, -0.1) is 5.10 Å². The molecule has 0 aliphatic rings. The van der Waals surface area contributed by atoms with Gasteiger partial charge in [0.2, 0.25) is 9.84 Å². The molecule has 1 heterocycles. The zero-order chi connectivity index (χ0) is 16.6. The third-order valence-electron chi connectivity index (χ3n) is 3.09. The molecule has 0 radical (unpaired) electrons. The lowest BCUT2D eigenvalue weighted by atomic mass is 10.3. The van der Waals surface area contributed by atoms with E-state index in [2.05, 4.69) is 10.1 Å². The quantitative estimate of drug-likeness (QED) is 0.630. The highest BCUT2D eigenvalue weighted by Gasteiger charge is 2.21. The molecular weight excluding hydrogens is 308 g/mol. The summed E-state index contributed by atoms with van der Waals surface area (Å²) in [7, 11) is -3.51. The number of ether oxygens (including phenoxy) is 1. The Morgan fingerprint density at radius 2 is 2.05 bits per heavy atom. The largest absolute Gasteiger partial charge is 0.380 e. The number of hydrogen-bond donors (Lipinski definition) is 0. The van der Waals surface area contributed by atoms with Crippen molar-refractivity contribution in [1.82, 2.24) is 19.7 Å². The number of amides is 1. The van der Waals surface area contributed by atoms with E-state index < -0.39 is 15.9 Å².